The Kier molecular flexibility index (Phi) is 35.8. The summed E-state index contributed by atoms with van der Waals surface area (Å²) in [5.74, 6) is -11.4. The zero-order valence-electron chi connectivity index (χ0n) is 62.6. The van der Waals surface area contributed by atoms with Crippen molar-refractivity contribution in [2.45, 2.75) is 197 Å². The van der Waals surface area contributed by atoms with Crippen molar-refractivity contribution < 1.29 is 77.3 Å². The number of ether oxygens (including phenoxy) is 1. The summed E-state index contributed by atoms with van der Waals surface area (Å²) in [5, 5.41) is 53.2. The number of aromatic hydroxyl groups is 1. The molecule has 6 rings (SSSR count). The standard InChI is InChI=1S/C75H110N18O16/c1-6-42(3)24-29-61(96)84-54(21-13-31-77)67(100)89-57(34-45-25-27-48(95)28-26-45)70(103)91-58(35-46-37-80-51-18-10-8-16-49(46)51)71(104)88-56(23-15-33-79)69(102)87-53(20-12-30-76)66(99)82-39-62(97)85-55(22-14-32-78)68(101)90-59(36-47-38-81-52-19-11-9-17-50(47)52)72(105)93-65-44(5)109-75(108)60(41-94)86-63(98)40-83-73(106)64(43(4)7-2)92-74(65)107/h8-11,16-19,25-28,37-38,42-44,53-60,64-65,80-81,94-95H,6-7,12-15,20-24,29-36,39-41,76-79H2,1-5H3,(H,82,99)(H,83,106)(H,84,96)(H,85,97)(H,86,98)(H,87,102)(H,88,104)(H,89,100)(H,90,101)(H,91,103)(H,92,107)(H,93,105)/t42?,43-,44+,53-,54+,55+,56+,57+,58+,59-,60-,64-,65-/m0/s1. The van der Waals surface area contributed by atoms with Gasteiger partial charge in [0.15, 0.2) is 6.04 Å². The molecule has 0 spiro atoms. The fraction of sp³-hybridized carbons (Fsp3) is 0.533. The van der Waals surface area contributed by atoms with Crippen LogP contribution in [-0.4, -0.2) is 209 Å². The number of rotatable bonds is 42. The molecule has 1 fully saturated rings. The van der Waals surface area contributed by atoms with Gasteiger partial charge in [-0.1, -0.05) is 89.1 Å². The molecule has 34 heteroatoms. The summed E-state index contributed by atoms with van der Waals surface area (Å²) in [7, 11) is 0. The molecule has 12 amide bonds. The minimum absolute atomic E-state index is 0.0366. The largest absolute Gasteiger partial charge is 0.508 e. The number of nitrogens with one attached hydrogen (secondary N) is 14. The van der Waals surface area contributed by atoms with Crippen LogP contribution in [0.3, 0.4) is 0 Å². The van der Waals surface area contributed by atoms with Crippen molar-refractivity contribution >= 4 is 98.7 Å². The van der Waals surface area contributed by atoms with Gasteiger partial charge in [0, 0.05) is 59.9 Å². The molecule has 596 valence electrons. The third-order valence-corrected chi connectivity index (χ3v) is 19.2. The second-order valence-electron chi connectivity index (χ2n) is 27.6. The molecule has 3 aromatic carbocycles. The molecule has 1 saturated heterocycles. The molecule has 1 unspecified atom stereocenters. The monoisotopic (exact) mass is 1520 g/mol. The minimum atomic E-state index is -1.78. The molecule has 34 nitrogen and oxygen atoms in total. The van der Waals surface area contributed by atoms with E-state index in [1.807, 2.05) is 32.0 Å². The van der Waals surface area contributed by atoms with Crippen LogP contribution in [0.5, 0.6) is 5.75 Å². The fourth-order valence-electron chi connectivity index (χ4n) is 12.3. The molecule has 0 bridgehead atoms. The fourth-order valence-corrected chi connectivity index (χ4v) is 12.3. The summed E-state index contributed by atoms with van der Waals surface area (Å²) in [6, 6.07) is 5.81. The third kappa shape index (κ3) is 27.3. The SMILES string of the molecule is CCC(C)CCC(=O)N[C@H](CCCN)C(=O)N[C@H](Cc1ccc(O)cc1)C(=O)N[C@H](Cc1c[nH]c2ccccc12)C(=O)N[C@H](CCCN)C(=O)N[C@@H](CCCN)C(=O)NCC(=O)N[C@H](CCCN)C(=O)N[C@@H](Cc1c[nH]c2ccccc12)C(=O)N[C@@H]1C(=O)N[C@@H]([C@@H](C)CC)C(=O)NCC(=O)N[C@@H](CO)C(=O)O[C@@H]1C. The van der Waals surface area contributed by atoms with Gasteiger partial charge in [-0.05, 0) is 144 Å². The summed E-state index contributed by atoms with van der Waals surface area (Å²) >= 11 is 0. The highest BCUT2D eigenvalue weighted by molar-refractivity contribution is 6.00. The average molecular weight is 1520 g/mol. The number of benzene rings is 3. The number of aliphatic hydroxyl groups is 1. The van der Waals surface area contributed by atoms with Gasteiger partial charge in [-0.2, -0.15) is 0 Å². The van der Waals surface area contributed by atoms with E-state index in [-0.39, 0.29) is 114 Å². The highest BCUT2D eigenvalue weighted by atomic mass is 16.5. The number of fused-ring (bicyclic) bond motifs is 2. The van der Waals surface area contributed by atoms with Crippen molar-refractivity contribution in [3.8, 4) is 5.75 Å². The van der Waals surface area contributed by atoms with Crippen molar-refractivity contribution in [2.75, 3.05) is 45.9 Å². The van der Waals surface area contributed by atoms with Gasteiger partial charge in [-0.15, -0.1) is 0 Å². The number of amides is 12. The highest BCUT2D eigenvalue weighted by Crippen LogP contribution is 2.23. The van der Waals surface area contributed by atoms with E-state index >= 15 is 4.79 Å². The Hall–Kier alpha value is -10.5. The maximum absolute atomic E-state index is 15.0. The Morgan fingerprint density at radius 3 is 1.47 bits per heavy atom. The van der Waals surface area contributed by atoms with Crippen molar-refractivity contribution in [1.29, 1.82) is 0 Å². The number of hydrogen-bond acceptors (Lipinski definition) is 20. The number of hydrogen-bond donors (Lipinski definition) is 20. The van der Waals surface area contributed by atoms with Gasteiger partial charge in [-0.25, -0.2) is 4.79 Å². The lowest BCUT2D eigenvalue weighted by Gasteiger charge is -2.30. The summed E-state index contributed by atoms with van der Waals surface area (Å²) in [4.78, 5) is 190. The number of cyclic esters (lactones) is 1. The van der Waals surface area contributed by atoms with Crippen LogP contribution in [0.2, 0.25) is 0 Å². The number of phenolic OH excluding ortho intramolecular Hbond substituents is 1. The quantitative estimate of drug-likeness (QED) is 0.0192. The Labute approximate surface area is 632 Å². The molecule has 24 N–H and O–H groups in total. The molecule has 109 heavy (non-hydrogen) atoms. The second kappa shape index (κ2) is 44.7. The van der Waals surface area contributed by atoms with E-state index in [0.717, 1.165) is 6.42 Å². The molecule has 3 heterocycles. The zero-order valence-corrected chi connectivity index (χ0v) is 62.6. The molecule has 5 aromatic rings. The van der Waals surface area contributed by atoms with Crippen LogP contribution >= 0.6 is 0 Å². The van der Waals surface area contributed by atoms with E-state index in [1.54, 1.807) is 68.7 Å². The van der Waals surface area contributed by atoms with Crippen LogP contribution in [0.15, 0.2) is 85.2 Å². The Morgan fingerprint density at radius 1 is 0.532 bits per heavy atom. The minimum Gasteiger partial charge on any atom is -0.508 e. The Balaban J connectivity index is 1.22. The third-order valence-electron chi connectivity index (χ3n) is 19.2. The maximum atomic E-state index is 15.0. The van der Waals surface area contributed by atoms with Crippen molar-refractivity contribution in [1.82, 2.24) is 73.8 Å². The van der Waals surface area contributed by atoms with E-state index in [0.29, 0.717) is 57.8 Å². The van der Waals surface area contributed by atoms with E-state index < -0.39 is 163 Å². The number of para-hydroxylation sites is 2. The first-order valence-electron chi connectivity index (χ1n) is 37.3. The maximum Gasteiger partial charge on any atom is 0.331 e. The molecular formula is C75H110N18O16. The Bertz CT molecular complexity index is 3890. The van der Waals surface area contributed by atoms with Crippen molar-refractivity contribution in [3.63, 3.8) is 0 Å². The lowest BCUT2D eigenvalue weighted by molar-refractivity contribution is -0.157. The summed E-state index contributed by atoms with van der Waals surface area (Å²) < 4.78 is 5.57. The van der Waals surface area contributed by atoms with Crippen molar-refractivity contribution in [3.05, 3.63) is 102 Å². The number of phenols is 1. The predicted molar refractivity (Wildman–Crippen MR) is 405 cm³/mol. The lowest BCUT2D eigenvalue weighted by Crippen LogP contribution is -2.62. The Morgan fingerprint density at radius 2 is 0.982 bits per heavy atom. The van der Waals surface area contributed by atoms with E-state index in [2.05, 4.69) is 73.8 Å². The summed E-state index contributed by atoms with van der Waals surface area (Å²) in [6.45, 7) is 6.72. The number of aromatic amines is 2. The van der Waals surface area contributed by atoms with Gasteiger partial charge < -0.3 is 112 Å². The molecule has 2 aromatic heterocycles. The van der Waals surface area contributed by atoms with Gasteiger partial charge in [0.1, 0.15) is 66.2 Å². The first kappa shape index (κ1) is 87.4. The van der Waals surface area contributed by atoms with Crippen LogP contribution in [0.4, 0.5) is 0 Å². The molecule has 0 radical (unpaired) electrons. The van der Waals surface area contributed by atoms with E-state index in [1.165, 1.54) is 19.1 Å². The summed E-state index contributed by atoms with van der Waals surface area (Å²) in [6.07, 6.45) is 3.89. The number of nitrogens with two attached hydrogens (primary N) is 4. The first-order chi connectivity index (χ1) is 52.2. The molecule has 1 aliphatic heterocycles. The number of carbonyl (C=O) groups excluding carboxylic acids is 13. The van der Waals surface area contributed by atoms with Crippen LogP contribution in [-0.2, 0) is 86.3 Å². The highest BCUT2D eigenvalue weighted by Gasteiger charge is 2.40. The number of carbonyl (C=O) groups is 13. The number of H-pyrrole nitrogens is 2. The van der Waals surface area contributed by atoms with E-state index in [4.69, 9.17) is 27.7 Å². The number of aromatic nitrogens is 2. The van der Waals surface area contributed by atoms with Crippen LogP contribution in [0, 0.1) is 11.8 Å². The predicted octanol–water partition coefficient (Wildman–Crippen LogP) is -1.77. The molecule has 13 atom stereocenters. The average Bonchev–Trinajstić information content (AvgIpc) is 1.73. The van der Waals surface area contributed by atoms with Gasteiger partial charge >= 0.3 is 5.97 Å². The van der Waals surface area contributed by atoms with Crippen molar-refractivity contribution in [2.24, 2.45) is 34.8 Å². The molecular weight excluding hydrogens is 1410 g/mol. The number of esters is 1. The number of aliphatic hydroxyl groups excluding tert-OH is 1. The van der Waals surface area contributed by atoms with Gasteiger partial charge in [0.05, 0.1) is 19.7 Å². The second-order valence-corrected chi connectivity index (χ2v) is 27.6. The zero-order chi connectivity index (χ0) is 79.7. The first-order valence-corrected chi connectivity index (χ1v) is 37.3. The van der Waals surface area contributed by atoms with Crippen LogP contribution in [0.1, 0.15) is 128 Å². The van der Waals surface area contributed by atoms with Gasteiger partial charge in [0.2, 0.25) is 70.9 Å². The lowest BCUT2D eigenvalue weighted by atomic mass is 9.97. The topological polar surface area (TPSA) is 552 Å². The molecule has 0 saturated carbocycles. The molecule has 0 aliphatic carbocycles. The molecule has 1 aliphatic rings. The van der Waals surface area contributed by atoms with Crippen LogP contribution < -0.4 is 86.7 Å². The van der Waals surface area contributed by atoms with Gasteiger partial charge in [0.25, 0.3) is 0 Å². The smallest absolute Gasteiger partial charge is 0.331 e. The summed E-state index contributed by atoms with van der Waals surface area (Å²) in [5.41, 5.74) is 26.7. The van der Waals surface area contributed by atoms with Crippen LogP contribution in [0.25, 0.3) is 21.8 Å². The normalized spacial score (nSPS) is 18.0. The van der Waals surface area contributed by atoms with Gasteiger partial charge in [-0.3, -0.25) is 57.5 Å². The van der Waals surface area contributed by atoms with E-state index in [9.17, 15) is 67.7 Å².